The predicted molar refractivity (Wildman–Crippen MR) is 116 cm³/mol. The molecule has 2 aromatic carbocycles. The van der Waals surface area contributed by atoms with Gasteiger partial charge in [0.05, 0.1) is 25.0 Å². The predicted octanol–water partition coefficient (Wildman–Crippen LogP) is 5.31. The second kappa shape index (κ2) is 8.83. The molecule has 0 bridgehead atoms. The molecule has 0 N–H and O–H groups in total. The van der Waals surface area contributed by atoms with Crippen LogP contribution in [0.4, 0.5) is 0 Å². The topological polar surface area (TPSA) is 36.3 Å². The van der Waals surface area contributed by atoms with Gasteiger partial charge in [-0.25, -0.2) is 0 Å². The molecule has 29 heavy (non-hydrogen) atoms. The van der Waals surface area contributed by atoms with E-state index in [4.69, 9.17) is 14.6 Å². The van der Waals surface area contributed by atoms with Crippen LogP contribution in [0.15, 0.2) is 54.6 Å². The molecule has 1 unspecified atom stereocenters. The Morgan fingerprint density at radius 2 is 1.97 bits per heavy atom. The quantitative estimate of drug-likeness (QED) is 0.548. The zero-order valence-electron chi connectivity index (χ0n) is 17.6. The normalized spacial score (nSPS) is 16.5. The van der Waals surface area contributed by atoms with Gasteiger partial charge in [-0.05, 0) is 60.1 Å². The molecule has 0 aliphatic carbocycles. The molecule has 0 spiro atoms. The molecule has 4 nitrogen and oxygen atoms in total. The van der Waals surface area contributed by atoms with E-state index >= 15 is 0 Å². The lowest BCUT2D eigenvalue weighted by Crippen LogP contribution is -2.07. The lowest BCUT2D eigenvalue weighted by atomic mass is 9.95. The van der Waals surface area contributed by atoms with Crippen LogP contribution in [0.3, 0.4) is 0 Å². The van der Waals surface area contributed by atoms with Crippen LogP contribution in [0.5, 0.6) is 5.75 Å². The Morgan fingerprint density at radius 1 is 1.14 bits per heavy atom. The van der Waals surface area contributed by atoms with Gasteiger partial charge in [-0.3, -0.25) is 4.68 Å². The highest BCUT2D eigenvalue weighted by atomic mass is 16.5. The molecule has 0 radical (unpaired) electrons. The van der Waals surface area contributed by atoms with Gasteiger partial charge in [0.2, 0.25) is 0 Å². The van der Waals surface area contributed by atoms with Crippen molar-refractivity contribution < 1.29 is 9.47 Å². The van der Waals surface area contributed by atoms with Crippen LogP contribution in [0.1, 0.15) is 43.0 Å². The minimum atomic E-state index is 0.388. The third-order valence-corrected chi connectivity index (χ3v) is 5.67. The number of methoxy groups -OCH3 is 1. The van der Waals surface area contributed by atoms with Gasteiger partial charge in [0.25, 0.3) is 0 Å². The van der Waals surface area contributed by atoms with Crippen LogP contribution in [-0.2, 0) is 17.7 Å². The van der Waals surface area contributed by atoms with Crippen LogP contribution < -0.4 is 4.74 Å². The zero-order chi connectivity index (χ0) is 20.2. The Balaban J connectivity index is 1.70. The Hall–Kier alpha value is -2.59. The summed E-state index contributed by atoms with van der Waals surface area (Å²) in [5.74, 6) is 1.91. The van der Waals surface area contributed by atoms with E-state index < -0.39 is 0 Å². The summed E-state index contributed by atoms with van der Waals surface area (Å²) in [5.41, 5.74) is 5.97. The van der Waals surface area contributed by atoms with Crippen molar-refractivity contribution in [2.45, 2.75) is 39.2 Å². The molecule has 0 saturated carbocycles. The van der Waals surface area contributed by atoms with Crippen molar-refractivity contribution >= 4 is 0 Å². The van der Waals surface area contributed by atoms with Crippen molar-refractivity contribution in [3.8, 4) is 17.0 Å². The maximum Gasteiger partial charge on any atom is 0.122 e. The summed E-state index contributed by atoms with van der Waals surface area (Å²) in [7, 11) is 1.75. The minimum Gasteiger partial charge on any atom is -0.496 e. The fourth-order valence-electron chi connectivity index (χ4n) is 3.98. The molecule has 152 valence electrons. The van der Waals surface area contributed by atoms with Crippen LogP contribution >= 0.6 is 0 Å². The number of ether oxygens (including phenoxy) is 2. The summed E-state index contributed by atoms with van der Waals surface area (Å²) in [6.07, 6.45) is 2.11. The molecule has 1 saturated heterocycles. The second-order valence-electron chi connectivity index (χ2n) is 8.21. The summed E-state index contributed by atoms with van der Waals surface area (Å²) in [6.45, 7) is 6.86. The maximum absolute atomic E-state index is 5.65. The van der Waals surface area contributed by atoms with Crippen molar-refractivity contribution in [2.24, 2.45) is 5.92 Å². The summed E-state index contributed by atoms with van der Waals surface area (Å²) in [4.78, 5) is 0. The molecular formula is C25H30N2O2. The van der Waals surface area contributed by atoms with E-state index in [1.54, 1.807) is 7.11 Å². The summed E-state index contributed by atoms with van der Waals surface area (Å²) < 4.78 is 13.4. The van der Waals surface area contributed by atoms with Gasteiger partial charge in [-0.2, -0.15) is 5.10 Å². The van der Waals surface area contributed by atoms with Gasteiger partial charge in [-0.1, -0.05) is 44.2 Å². The first-order valence-corrected chi connectivity index (χ1v) is 10.5. The third-order valence-electron chi connectivity index (χ3n) is 5.67. The molecule has 1 fully saturated rings. The SMILES string of the molecule is COc1ccc(-c2cc(C(C)C)nn2Cc2ccccc2)cc1CC1CCOC1. The van der Waals surface area contributed by atoms with E-state index in [-0.39, 0.29) is 0 Å². The molecule has 1 aliphatic heterocycles. The van der Waals surface area contributed by atoms with Crippen molar-refractivity contribution in [3.63, 3.8) is 0 Å². The Kier molecular flexibility index (Phi) is 6.00. The fraction of sp³-hybridized carbons (Fsp3) is 0.400. The summed E-state index contributed by atoms with van der Waals surface area (Å²) in [6, 6.07) is 19.3. The first-order chi connectivity index (χ1) is 14.1. The molecule has 1 atom stereocenters. The molecule has 4 heteroatoms. The Morgan fingerprint density at radius 3 is 2.66 bits per heavy atom. The Labute approximate surface area is 173 Å². The molecular weight excluding hydrogens is 360 g/mol. The fourth-order valence-corrected chi connectivity index (χ4v) is 3.98. The number of hydrogen-bond donors (Lipinski definition) is 0. The monoisotopic (exact) mass is 390 g/mol. The first kappa shape index (κ1) is 19.7. The van der Waals surface area contributed by atoms with E-state index in [0.717, 1.165) is 49.7 Å². The highest BCUT2D eigenvalue weighted by Gasteiger charge is 2.20. The third kappa shape index (κ3) is 4.54. The summed E-state index contributed by atoms with van der Waals surface area (Å²) in [5, 5.41) is 4.92. The van der Waals surface area contributed by atoms with E-state index in [1.165, 1.54) is 16.7 Å². The van der Waals surface area contributed by atoms with Crippen LogP contribution in [-0.4, -0.2) is 30.1 Å². The van der Waals surface area contributed by atoms with Gasteiger partial charge >= 0.3 is 0 Å². The van der Waals surface area contributed by atoms with Crippen molar-refractivity contribution in [2.75, 3.05) is 20.3 Å². The van der Waals surface area contributed by atoms with Crippen LogP contribution in [0, 0.1) is 5.92 Å². The van der Waals surface area contributed by atoms with Gasteiger partial charge in [0.1, 0.15) is 5.75 Å². The van der Waals surface area contributed by atoms with E-state index in [1.807, 2.05) is 0 Å². The van der Waals surface area contributed by atoms with Gasteiger partial charge in [0, 0.05) is 18.8 Å². The number of nitrogens with zero attached hydrogens (tertiary/aromatic N) is 2. The highest BCUT2D eigenvalue weighted by molar-refractivity contribution is 5.63. The highest BCUT2D eigenvalue weighted by Crippen LogP contribution is 2.32. The lowest BCUT2D eigenvalue weighted by molar-refractivity contribution is 0.185. The average molecular weight is 391 g/mol. The van der Waals surface area contributed by atoms with Gasteiger partial charge in [0.15, 0.2) is 0 Å². The van der Waals surface area contributed by atoms with Crippen molar-refractivity contribution in [3.05, 3.63) is 71.4 Å². The number of rotatable bonds is 7. The minimum absolute atomic E-state index is 0.388. The molecule has 1 aliphatic rings. The number of aromatic nitrogens is 2. The maximum atomic E-state index is 5.65. The number of hydrogen-bond acceptors (Lipinski definition) is 3. The lowest BCUT2D eigenvalue weighted by Gasteiger charge is -2.14. The Bertz CT molecular complexity index is 941. The van der Waals surface area contributed by atoms with E-state index in [0.29, 0.717) is 11.8 Å². The average Bonchev–Trinajstić information content (AvgIpc) is 3.39. The summed E-state index contributed by atoms with van der Waals surface area (Å²) >= 11 is 0. The molecule has 2 heterocycles. The zero-order valence-corrected chi connectivity index (χ0v) is 17.6. The van der Waals surface area contributed by atoms with Crippen molar-refractivity contribution in [1.82, 2.24) is 9.78 Å². The van der Waals surface area contributed by atoms with E-state index in [2.05, 4.69) is 73.1 Å². The standard InChI is InChI=1S/C25H30N2O2/c1-18(2)23-15-24(27(26-23)16-19-7-5-4-6-8-19)21-9-10-25(28-3)22(14-21)13-20-11-12-29-17-20/h4-10,14-15,18,20H,11-13,16-17H2,1-3H3. The van der Waals surface area contributed by atoms with Crippen LogP contribution in [0.2, 0.25) is 0 Å². The van der Waals surface area contributed by atoms with Gasteiger partial charge in [-0.15, -0.1) is 0 Å². The molecule has 0 amide bonds. The smallest absolute Gasteiger partial charge is 0.122 e. The van der Waals surface area contributed by atoms with Crippen molar-refractivity contribution in [1.29, 1.82) is 0 Å². The van der Waals surface area contributed by atoms with Gasteiger partial charge < -0.3 is 9.47 Å². The molecule has 3 aromatic rings. The molecule has 1 aromatic heterocycles. The van der Waals surface area contributed by atoms with Crippen LogP contribution in [0.25, 0.3) is 11.3 Å². The second-order valence-corrected chi connectivity index (χ2v) is 8.21. The number of benzene rings is 2. The van der Waals surface area contributed by atoms with E-state index in [9.17, 15) is 0 Å². The first-order valence-electron chi connectivity index (χ1n) is 10.5. The largest absolute Gasteiger partial charge is 0.496 e. The molecule has 4 rings (SSSR count).